The topological polar surface area (TPSA) is 185 Å². The maximum absolute atomic E-state index is 12.9. The second-order valence-corrected chi connectivity index (χ2v) is 20.1. The molecule has 0 aliphatic carbocycles. The number of rotatable bonds is 17. The van der Waals surface area contributed by atoms with E-state index in [1.54, 1.807) is 30.3 Å². The Balaban J connectivity index is 2.58. The number of hydrogen-bond acceptors (Lipinski definition) is 15. The molecule has 1 saturated heterocycles. The van der Waals surface area contributed by atoms with Crippen LogP contribution in [-0.4, -0.2) is 101 Å². The Kier molecular flexibility index (Phi) is 17.4. The molecule has 1 aliphatic heterocycles. The summed E-state index contributed by atoms with van der Waals surface area (Å²) in [4.78, 5) is 0. The molecule has 1 fully saturated rings. The SMILES string of the molecule is CO[C@H]1O[C@H](COCc2ccccc2)[C@@H](OS(=O)(=O)OCC(Cl)(Cl)Cl)[C@H](OS(=O)(=O)OCC(Cl)(Cl)Cl)[C@H]1OS(=O)(=O)OCC(Cl)(Cl)Cl. The van der Waals surface area contributed by atoms with E-state index in [0.29, 0.717) is 5.56 Å². The van der Waals surface area contributed by atoms with E-state index in [1.807, 2.05) is 0 Å². The van der Waals surface area contributed by atoms with Crippen molar-refractivity contribution in [1.82, 2.24) is 0 Å². The van der Waals surface area contributed by atoms with Gasteiger partial charge >= 0.3 is 31.2 Å². The molecule has 47 heavy (non-hydrogen) atoms. The minimum absolute atomic E-state index is 0.0864. The van der Waals surface area contributed by atoms with E-state index in [-0.39, 0.29) is 6.61 Å². The van der Waals surface area contributed by atoms with Gasteiger partial charge in [0.1, 0.15) is 38.1 Å². The van der Waals surface area contributed by atoms with Crippen LogP contribution in [0.3, 0.4) is 0 Å². The number of benzene rings is 1. The summed E-state index contributed by atoms with van der Waals surface area (Å²) in [6, 6.07) is 8.53. The van der Waals surface area contributed by atoms with Gasteiger partial charge in [0.25, 0.3) is 0 Å². The number of methoxy groups -OCH3 is 1. The molecular weight excluding hydrogens is 895 g/mol. The first kappa shape index (κ1) is 44.5. The number of halogens is 9. The van der Waals surface area contributed by atoms with Crippen LogP contribution in [0.15, 0.2) is 30.3 Å². The molecule has 0 radical (unpaired) electrons. The fourth-order valence-electron chi connectivity index (χ4n) is 3.31. The Hall–Kier alpha value is 1.32. The van der Waals surface area contributed by atoms with Gasteiger partial charge in [-0.2, -0.15) is 25.3 Å². The Morgan fingerprint density at radius 3 is 1.45 bits per heavy atom. The third-order valence-corrected chi connectivity index (χ3v) is 8.58. The van der Waals surface area contributed by atoms with Gasteiger partial charge in [0.05, 0.1) is 13.2 Å². The number of alkyl halides is 9. The van der Waals surface area contributed by atoms with Crippen molar-refractivity contribution in [2.75, 3.05) is 33.5 Å². The van der Waals surface area contributed by atoms with E-state index in [2.05, 4.69) is 12.5 Å². The van der Waals surface area contributed by atoms with Crippen LogP contribution in [0.2, 0.25) is 0 Å². The molecule has 27 heteroatoms. The summed E-state index contributed by atoms with van der Waals surface area (Å²) in [6.07, 6.45) is -10.5. The molecule has 0 spiro atoms. The van der Waals surface area contributed by atoms with E-state index in [9.17, 15) is 25.3 Å². The molecule has 0 N–H and O–H groups in total. The molecule has 0 aromatic heterocycles. The van der Waals surface area contributed by atoms with Crippen LogP contribution in [-0.2, 0) is 77.1 Å². The standard InChI is InChI=1S/C20H23Cl9O15S3/c1-36-17-16(44-47(34,35)40-11-20(27,28)29)15(43-46(32,33)39-10-19(24,25)26)14(42-45(30,31)38-9-18(21,22)23)13(41-17)8-37-7-12-5-3-2-4-6-12/h2-6,13-17H,7-11H2,1H3/t13-,14-,15+,16-,17+/m1/s1. The van der Waals surface area contributed by atoms with E-state index < -0.39 is 99.7 Å². The van der Waals surface area contributed by atoms with Crippen molar-refractivity contribution >= 4 is 136 Å². The monoisotopic (exact) mass is 914 g/mol. The fraction of sp³-hybridized carbons (Fsp3) is 0.700. The molecular formula is C20H23Cl9O15S3. The molecule has 0 unspecified atom stereocenters. The van der Waals surface area contributed by atoms with Crippen LogP contribution in [0.1, 0.15) is 5.56 Å². The lowest BCUT2D eigenvalue weighted by Gasteiger charge is -2.43. The smallest absolute Gasteiger partial charge is 0.374 e. The highest BCUT2D eigenvalue weighted by Crippen LogP contribution is 2.35. The summed E-state index contributed by atoms with van der Waals surface area (Å²) in [5.74, 6) is 0. The van der Waals surface area contributed by atoms with Gasteiger partial charge in [-0.3, -0.25) is 0 Å². The van der Waals surface area contributed by atoms with Crippen molar-refractivity contribution in [1.29, 1.82) is 0 Å². The lowest BCUT2D eigenvalue weighted by molar-refractivity contribution is -0.283. The second kappa shape index (κ2) is 18.4. The van der Waals surface area contributed by atoms with Crippen LogP contribution >= 0.6 is 104 Å². The molecule has 0 saturated carbocycles. The third-order valence-electron chi connectivity index (χ3n) is 5.00. The van der Waals surface area contributed by atoms with Gasteiger partial charge in [0, 0.05) is 7.11 Å². The summed E-state index contributed by atoms with van der Waals surface area (Å²) in [6.45, 7) is -4.00. The minimum atomic E-state index is -5.34. The van der Waals surface area contributed by atoms with Crippen LogP contribution in [0.4, 0.5) is 0 Å². The van der Waals surface area contributed by atoms with Crippen molar-refractivity contribution in [3.8, 4) is 0 Å². The van der Waals surface area contributed by atoms with Crippen LogP contribution in [0.5, 0.6) is 0 Å². The first-order valence-corrected chi connectivity index (χ1v) is 19.4. The number of ether oxygens (including phenoxy) is 3. The zero-order valence-electron chi connectivity index (χ0n) is 23.1. The fourth-order valence-corrected chi connectivity index (χ4v) is 6.98. The van der Waals surface area contributed by atoms with Gasteiger partial charge in [0.2, 0.25) is 11.4 Å². The normalized spacial score (nSPS) is 23.6. The first-order valence-electron chi connectivity index (χ1n) is 12.0. The molecule has 1 heterocycles. The third kappa shape index (κ3) is 18.1. The van der Waals surface area contributed by atoms with Crippen molar-refractivity contribution in [3.63, 3.8) is 0 Å². The van der Waals surface area contributed by atoms with E-state index in [0.717, 1.165) is 7.11 Å². The highest BCUT2D eigenvalue weighted by molar-refractivity contribution is 7.82. The Morgan fingerprint density at radius 1 is 0.638 bits per heavy atom. The Morgan fingerprint density at radius 2 is 1.04 bits per heavy atom. The summed E-state index contributed by atoms with van der Waals surface area (Å²) in [7, 11) is -14.9. The molecule has 1 aromatic carbocycles. The largest absolute Gasteiger partial charge is 0.400 e. The summed E-state index contributed by atoms with van der Waals surface area (Å²) >= 11 is 50.0. The van der Waals surface area contributed by atoms with Crippen molar-refractivity contribution in [2.24, 2.45) is 0 Å². The molecule has 2 rings (SSSR count). The molecule has 5 atom stereocenters. The van der Waals surface area contributed by atoms with Crippen molar-refractivity contribution in [3.05, 3.63) is 35.9 Å². The predicted molar refractivity (Wildman–Crippen MR) is 172 cm³/mol. The molecule has 15 nitrogen and oxygen atoms in total. The molecule has 1 aromatic rings. The first-order chi connectivity index (χ1) is 21.3. The van der Waals surface area contributed by atoms with E-state index >= 15 is 0 Å². The average Bonchev–Trinajstić information content (AvgIpc) is 2.92. The van der Waals surface area contributed by atoms with Crippen LogP contribution < -0.4 is 0 Å². The maximum Gasteiger partial charge on any atom is 0.400 e. The average molecular weight is 919 g/mol. The number of hydrogen-bond donors (Lipinski definition) is 0. The molecule has 0 amide bonds. The molecule has 1 aliphatic rings. The van der Waals surface area contributed by atoms with Gasteiger partial charge in [-0.15, -0.1) is 0 Å². The summed E-state index contributed by atoms with van der Waals surface area (Å²) in [5, 5.41) is 0. The van der Waals surface area contributed by atoms with Gasteiger partial charge in [-0.05, 0) is 5.56 Å². The van der Waals surface area contributed by atoms with Crippen LogP contribution in [0, 0.1) is 0 Å². The van der Waals surface area contributed by atoms with Crippen molar-refractivity contribution in [2.45, 2.75) is 48.7 Å². The highest BCUT2D eigenvalue weighted by atomic mass is 35.6. The lowest BCUT2D eigenvalue weighted by Crippen LogP contribution is -2.63. The van der Waals surface area contributed by atoms with Gasteiger partial charge in [-0.1, -0.05) is 135 Å². The predicted octanol–water partition coefficient (Wildman–Crippen LogP) is 4.62. The quantitative estimate of drug-likeness (QED) is 0.197. The van der Waals surface area contributed by atoms with Crippen LogP contribution in [0.25, 0.3) is 0 Å². The Labute approximate surface area is 315 Å². The van der Waals surface area contributed by atoms with Gasteiger partial charge in [0.15, 0.2) is 12.4 Å². The molecule has 274 valence electrons. The highest BCUT2D eigenvalue weighted by Gasteiger charge is 2.54. The zero-order valence-corrected chi connectivity index (χ0v) is 32.3. The summed E-state index contributed by atoms with van der Waals surface area (Å²) < 4.78 is 115. The van der Waals surface area contributed by atoms with Crippen molar-refractivity contribution < 1.29 is 64.6 Å². The zero-order chi connectivity index (χ0) is 35.9. The van der Waals surface area contributed by atoms with Gasteiger partial charge < -0.3 is 14.2 Å². The minimum Gasteiger partial charge on any atom is -0.374 e. The molecule has 0 bridgehead atoms. The lowest BCUT2D eigenvalue weighted by atomic mass is 9.99. The van der Waals surface area contributed by atoms with E-state index in [1.165, 1.54) is 0 Å². The maximum atomic E-state index is 12.9. The Bertz CT molecular complexity index is 1450. The van der Waals surface area contributed by atoms with Gasteiger partial charge in [-0.25, -0.2) is 25.1 Å². The van der Waals surface area contributed by atoms with E-state index in [4.69, 9.17) is 131 Å². The summed E-state index contributed by atoms with van der Waals surface area (Å²) in [5.41, 5.74) is 0.650. The second-order valence-electron chi connectivity index (χ2n) is 8.82.